The van der Waals surface area contributed by atoms with Gasteiger partial charge in [0.2, 0.25) is 0 Å². The molecule has 0 saturated carbocycles. The third kappa shape index (κ3) is 2.51. The Morgan fingerprint density at radius 3 is 2.86 bits per heavy atom. The van der Waals surface area contributed by atoms with E-state index in [2.05, 4.69) is 0 Å². The number of rotatable bonds is 4. The second kappa shape index (κ2) is 5.05. The van der Waals surface area contributed by atoms with Crippen molar-refractivity contribution in [2.45, 2.75) is 24.2 Å². The first-order chi connectivity index (χ1) is 6.69. The Morgan fingerprint density at radius 2 is 2.29 bits per heavy atom. The maximum Gasteiger partial charge on any atom is 0.120 e. The van der Waals surface area contributed by atoms with E-state index in [0.29, 0.717) is 6.42 Å². The Morgan fingerprint density at radius 1 is 1.57 bits per heavy atom. The van der Waals surface area contributed by atoms with Gasteiger partial charge < -0.3 is 9.90 Å². The zero-order valence-electron chi connectivity index (χ0n) is 8.36. The lowest BCUT2D eigenvalue weighted by atomic mass is 9.98. The van der Waals surface area contributed by atoms with Gasteiger partial charge in [-0.05, 0) is 35.9 Å². The molecule has 0 amide bonds. The molecule has 0 heterocycles. The highest BCUT2D eigenvalue weighted by molar-refractivity contribution is 7.98. The fraction of sp³-hybridized carbons (Fsp3) is 0.364. The van der Waals surface area contributed by atoms with Crippen LogP contribution in [-0.2, 0) is 4.79 Å². The van der Waals surface area contributed by atoms with Crippen LogP contribution < -0.4 is 0 Å². The molecule has 0 fully saturated rings. The van der Waals surface area contributed by atoms with Gasteiger partial charge in [-0.2, -0.15) is 0 Å². The van der Waals surface area contributed by atoms with Gasteiger partial charge in [0.25, 0.3) is 0 Å². The molecule has 2 nitrogen and oxygen atoms in total. The van der Waals surface area contributed by atoms with Gasteiger partial charge >= 0.3 is 0 Å². The fourth-order valence-electron chi connectivity index (χ4n) is 1.33. The van der Waals surface area contributed by atoms with Crippen LogP contribution in [0, 0.1) is 0 Å². The number of aldehydes is 1. The van der Waals surface area contributed by atoms with E-state index in [0.717, 1.165) is 16.7 Å². The summed E-state index contributed by atoms with van der Waals surface area (Å²) in [6.45, 7) is 1.94. The molecular weight excluding hydrogens is 196 g/mol. The Kier molecular flexibility index (Phi) is 4.01. The van der Waals surface area contributed by atoms with E-state index >= 15 is 0 Å². The highest BCUT2D eigenvalue weighted by Gasteiger charge is 2.10. The number of hydrogen-bond acceptors (Lipinski definition) is 3. The lowest BCUT2D eigenvalue weighted by Crippen LogP contribution is -1.95. The molecule has 1 aromatic carbocycles. The van der Waals surface area contributed by atoms with Crippen LogP contribution in [0.1, 0.15) is 24.8 Å². The number of phenols is 1. The van der Waals surface area contributed by atoms with Gasteiger partial charge in [-0.15, -0.1) is 11.8 Å². The Balaban J connectivity index is 2.98. The third-order valence-corrected chi connectivity index (χ3v) is 2.94. The normalized spacial score (nSPS) is 12.4. The molecule has 0 aromatic heterocycles. The maximum absolute atomic E-state index is 10.4. The highest BCUT2D eigenvalue weighted by Crippen LogP contribution is 2.30. The number of carbonyl (C=O) groups is 1. The SMILES string of the molecule is CSc1ccc(O)c(C(C)CC=O)c1. The van der Waals surface area contributed by atoms with Gasteiger partial charge in [0.1, 0.15) is 12.0 Å². The highest BCUT2D eigenvalue weighted by atomic mass is 32.2. The number of benzene rings is 1. The van der Waals surface area contributed by atoms with Crippen molar-refractivity contribution in [3.05, 3.63) is 23.8 Å². The summed E-state index contributed by atoms with van der Waals surface area (Å²) in [7, 11) is 0. The lowest BCUT2D eigenvalue weighted by molar-refractivity contribution is -0.108. The van der Waals surface area contributed by atoms with Crippen molar-refractivity contribution in [3.63, 3.8) is 0 Å². The first-order valence-corrected chi connectivity index (χ1v) is 5.72. The summed E-state index contributed by atoms with van der Waals surface area (Å²) in [6, 6.07) is 5.49. The van der Waals surface area contributed by atoms with Crippen molar-refractivity contribution in [1.29, 1.82) is 0 Å². The van der Waals surface area contributed by atoms with Crippen LogP contribution in [0.2, 0.25) is 0 Å². The van der Waals surface area contributed by atoms with Crippen molar-refractivity contribution in [2.75, 3.05) is 6.26 Å². The molecule has 1 rings (SSSR count). The smallest absolute Gasteiger partial charge is 0.120 e. The van der Waals surface area contributed by atoms with Crippen LogP contribution in [0.25, 0.3) is 0 Å². The quantitative estimate of drug-likeness (QED) is 0.613. The molecule has 1 atom stereocenters. The van der Waals surface area contributed by atoms with E-state index in [9.17, 15) is 9.90 Å². The summed E-state index contributed by atoms with van der Waals surface area (Å²) >= 11 is 1.63. The minimum absolute atomic E-state index is 0.0830. The molecule has 0 spiro atoms. The molecule has 14 heavy (non-hydrogen) atoms. The predicted molar refractivity (Wildman–Crippen MR) is 59.0 cm³/mol. The van der Waals surface area contributed by atoms with Crippen molar-refractivity contribution in [2.24, 2.45) is 0 Å². The fourth-order valence-corrected chi connectivity index (χ4v) is 1.77. The van der Waals surface area contributed by atoms with E-state index in [1.807, 2.05) is 25.3 Å². The van der Waals surface area contributed by atoms with Gasteiger partial charge in [-0.3, -0.25) is 0 Å². The Bertz CT molecular complexity index is 323. The zero-order chi connectivity index (χ0) is 10.6. The third-order valence-electron chi connectivity index (χ3n) is 2.22. The Hall–Kier alpha value is -0.960. The molecule has 3 heteroatoms. The zero-order valence-corrected chi connectivity index (χ0v) is 9.17. The second-order valence-electron chi connectivity index (χ2n) is 3.23. The van der Waals surface area contributed by atoms with E-state index in [1.165, 1.54) is 0 Å². The molecule has 1 aromatic rings. The number of hydrogen-bond donors (Lipinski definition) is 1. The molecule has 0 radical (unpaired) electrons. The van der Waals surface area contributed by atoms with Crippen LogP contribution in [0.15, 0.2) is 23.1 Å². The van der Waals surface area contributed by atoms with Crippen LogP contribution >= 0.6 is 11.8 Å². The van der Waals surface area contributed by atoms with Crippen molar-refractivity contribution >= 4 is 18.0 Å². The lowest BCUT2D eigenvalue weighted by Gasteiger charge is -2.11. The molecule has 0 saturated heterocycles. The first-order valence-electron chi connectivity index (χ1n) is 4.49. The minimum atomic E-state index is 0.0830. The van der Waals surface area contributed by atoms with Crippen LogP contribution in [-0.4, -0.2) is 17.6 Å². The molecule has 1 unspecified atom stereocenters. The summed E-state index contributed by atoms with van der Waals surface area (Å²) in [5, 5.41) is 9.60. The number of phenolic OH excluding ortho intramolecular Hbond substituents is 1. The topological polar surface area (TPSA) is 37.3 Å². The molecule has 76 valence electrons. The van der Waals surface area contributed by atoms with Gasteiger partial charge in [-0.25, -0.2) is 0 Å². The van der Waals surface area contributed by atoms with E-state index in [-0.39, 0.29) is 11.7 Å². The summed E-state index contributed by atoms with van der Waals surface area (Å²) in [4.78, 5) is 11.5. The average molecular weight is 210 g/mol. The molecule has 0 aliphatic carbocycles. The number of aromatic hydroxyl groups is 1. The molecular formula is C11H14O2S. The van der Waals surface area contributed by atoms with E-state index < -0.39 is 0 Å². The molecule has 1 N–H and O–H groups in total. The summed E-state index contributed by atoms with van der Waals surface area (Å²) in [6.07, 6.45) is 3.32. The molecule has 0 bridgehead atoms. The molecule has 0 aliphatic heterocycles. The Labute approximate surface area is 88.3 Å². The van der Waals surface area contributed by atoms with Gasteiger partial charge in [-0.1, -0.05) is 6.92 Å². The maximum atomic E-state index is 10.4. The van der Waals surface area contributed by atoms with Crippen LogP contribution in [0.5, 0.6) is 5.75 Å². The van der Waals surface area contributed by atoms with E-state index in [4.69, 9.17) is 0 Å². The van der Waals surface area contributed by atoms with Gasteiger partial charge in [0.05, 0.1) is 0 Å². The standard InChI is InChI=1S/C11H14O2S/c1-8(5-6-12)10-7-9(14-2)3-4-11(10)13/h3-4,6-8,13H,5H2,1-2H3. The van der Waals surface area contributed by atoms with Crippen LogP contribution in [0.4, 0.5) is 0 Å². The van der Waals surface area contributed by atoms with E-state index in [1.54, 1.807) is 17.8 Å². The number of carbonyl (C=O) groups excluding carboxylic acids is 1. The second-order valence-corrected chi connectivity index (χ2v) is 4.11. The minimum Gasteiger partial charge on any atom is -0.508 e. The first kappa shape index (κ1) is 11.1. The predicted octanol–water partition coefficient (Wildman–Crippen LogP) is 2.81. The average Bonchev–Trinajstić information content (AvgIpc) is 2.19. The van der Waals surface area contributed by atoms with Crippen molar-refractivity contribution in [3.8, 4) is 5.75 Å². The number of thioether (sulfide) groups is 1. The monoisotopic (exact) mass is 210 g/mol. The van der Waals surface area contributed by atoms with Crippen LogP contribution in [0.3, 0.4) is 0 Å². The van der Waals surface area contributed by atoms with Crippen molar-refractivity contribution in [1.82, 2.24) is 0 Å². The molecule has 0 aliphatic rings. The summed E-state index contributed by atoms with van der Waals surface area (Å²) < 4.78 is 0. The van der Waals surface area contributed by atoms with Crippen molar-refractivity contribution < 1.29 is 9.90 Å². The van der Waals surface area contributed by atoms with Gasteiger partial charge in [0.15, 0.2) is 0 Å². The summed E-state index contributed by atoms with van der Waals surface area (Å²) in [5.41, 5.74) is 0.851. The van der Waals surface area contributed by atoms with Gasteiger partial charge in [0, 0.05) is 11.3 Å². The summed E-state index contributed by atoms with van der Waals surface area (Å²) in [5.74, 6) is 0.358. The largest absolute Gasteiger partial charge is 0.508 e.